The van der Waals surface area contributed by atoms with Gasteiger partial charge >= 0.3 is 5.97 Å². The van der Waals surface area contributed by atoms with Crippen molar-refractivity contribution in [2.45, 2.75) is 0 Å². The van der Waals surface area contributed by atoms with Crippen molar-refractivity contribution >= 4 is 37.2 Å². The molecule has 0 aliphatic heterocycles. The Hall–Kier alpha value is -2.21. The summed E-state index contributed by atoms with van der Waals surface area (Å²) < 4.78 is 46.8. The molecule has 10 nitrogen and oxygen atoms in total. The number of rotatable bonds is 6. The number of nitro benzene ring substituents is 1. The lowest BCUT2D eigenvalue weighted by atomic mass is 10.2. The molecule has 0 aliphatic carbocycles. The van der Waals surface area contributed by atoms with Crippen LogP contribution in [-0.4, -0.2) is 44.2 Å². The molecule has 2 N–H and O–H groups in total. The molecule has 1 aromatic carbocycles. The fourth-order valence-electron chi connectivity index (χ4n) is 1.38. The van der Waals surface area contributed by atoms with Crippen LogP contribution in [0.15, 0.2) is 18.2 Å². The number of aromatic carboxylic acids is 1. The zero-order valence-corrected chi connectivity index (χ0v) is 12.1. The molecule has 0 heterocycles. The number of carboxylic acids is 1. The Labute approximate surface area is 119 Å². The topological polar surface area (TPSA) is 161 Å². The van der Waals surface area contributed by atoms with Gasteiger partial charge in [0, 0.05) is 12.3 Å². The van der Waals surface area contributed by atoms with E-state index in [9.17, 15) is 31.7 Å². The summed E-state index contributed by atoms with van der Waals surface area (Å²) in [5.41, 5.74) is -1.73. The Morgan fingerprint density at radius 3 is 2.33 bits per heavy atom. The number of anilines is 1. The van der Waals surface area contributed by atoms with Crippen LogP contribution < -0.4 is 4.72 Å². The Morgan fingerprint density at radius 2 is 1.90 bits per heavy atom. The zero-order valence-electron chi connectivity index (χ0n) is 10.5. The molecule has 21 heavy (non-hydrogen) atoms. The number of nitro groups is 1. The second-order valence-corrected chi connectivity index (χ2v) is 8.28. The first kappa shape index (κ1) is 16.8. The van der Waals surface area contributed by atoms with Crippen molar-refractivity contribution in [3.05, 3.63) is 33.9 Å². The lowest BCUT2D eigenvalue weighted by Crippen LogP contribution is -2.22. The van der Waals surface area contributed by atoms with Crippen molar-refractivity contribution in [3.63, 3.8) is 0 Å². The molecule has 0 unspecified atom stereocenters. The van der Waals surface area contributed by atoms with Gasteiger partial charge in [-0.25, -0.2) is 21.6 Å². The molecular weight excluding hydrogens is 328 g/mol. The number of sulfone groups is 1. The molecule has 1 rings (SSSR count). The van der Waals surface area contributed by atoms with Gasteiger partial charge in [-0.1, -0.05) is 0 Å². The summed E-state index contributed by atoms with van der Waals surface area (Å²) in [7, 11) is -8.24. The number of carboxylic acid groups (broad SMARTS) is 1. The van der Waals surface area contributed by atoms with Crippen LogP contribution in [0.5, 0.6) is 0 Å². The van der Waals surface area contributed by atoms with Crippen LogP contribution in [0.1, 0.15) is 10.4 Å². The molecule has 0 spiro atoms. The number of hydrogen-bond donors (Lipinski definition) is 2. The van der Waals surface area contributed by atoms with Gasteiger partial charge in [-0.2, -0.15) is 0 Å². The average molecular weight is 338 g/mol. The molecule has 0 amide bonds. The fourth-order valence-corrected chi connectivity index (χ4v) is 4.38. The van der Waals surface area contributed by atoms with Crippen molar-refractivity contribution in [1.29, 1.82) is 0 Å². The monoisotopic (exact) mass is 338 g/mol. The van der Waals surface area contributed by atoms with Gasteiger partial charge in [0.25, 0.3) is 5.69 Å². The predicted octanol–water partition coefficient (Wildman–Crippen LogP) is 0.0368. The van der Waals surface area contributed by atoms with Gasteiger partial charge in [-0.05, 0) is 12.1 Å². The van der Waals surface area contributed by atoms with Gasteiger partial charge in [0.2, 0.25) is 10.0 Å². The van der Waals surface area contributed by atoms with E-state index in [4.69, 9.17) is 5.11 Å². The average Bonchev–Trinajstić information content (AvgIpc) is 2.24. The standard InChI is InChI=1S/C9H10N2O8S2/c1-20(16,17)5-21(18,19)10-7-3-2-6(9(12)13)4-8(7)11(14)15/h2-4,10H,5H2,1H3,(H,12,13). The molecule has 0 bridgehead atoms. The minimum Gasteiger partial charge on any atom is -0.478 e. The lowest BCUT2D eigenvalue weighted by molar-refractivity contribution is -0.383. The Morgan fingerprint density at radius 1 is 1.33 bits per heavy atom. The molecule has 0 radical (unpaired) electrons. The van der Waals surface area contributed by atoms with E-state index in [2.05, 4.69) is 0 Å². The van der Waals surface area contributed by atoms with Gasteiger partial charge in [0.05, 0.1) is 10.5 Å². The highest BCUT2D eigenvalue weighted by Crippen LogP contribution is 2.26. The third kappa shape index (κ3) is 5.00. The van der Waals surface area contributed by atoms with Gasteiger partial charge in [0.1, 0.15) is 5.69 Å². The second kappa shape index (κ2) is 5.65. The summed E-state index contributed by atoms with van der Waals surface area (Å²) in [6.45, 7) is 0. The van der Waals surface area contributed by atoms with E-state index in [1.165, 1.54) is 0 Å². The van der Waals surface area contributed by atoms with Crippen molar-refractivity contribution in [1.82, 2.24) is 0 Å². The summed E-state index contributed by atoms with van der Waals surface area (Å²) in [5, 5.41) is 18.3. The maximum atomic E-state index is 11.6. The molecule has 0 saturated carbocycles. The largest absolute Gasteiger partial charge is 0.478 e. The molecule has 116 valence electrons. The minimum absolute atomic E-state index is 0.409. The highest BCUT2D eigenvalue weighted by atomic mass is 32.3. The zero-order chi connectivity index (χ0) is 16.4. The Kier molecular flexibility index (Phi) is 4.53. The first-order valence-electron chi connectivity index (χ1n) is 5.11. The summed E-state index contributed by atoms with van der Waals surface area (Å²) in [5.74, 6) is -1.43. The van der Waals surface area contributed by atoms with E-state index in [1.807, 2.05) is 0 Å². The fraction of sp³-hybridized carbons (Fsp3) is 0.222. The van der Waals surface area contributed by atoms with Crippen LogP contribution in [0.3, 0.4) is 0 Å². The van der Waals surface area contributed by atoms with Crippen LogP contribution in [0.25, 0.3) is 0 Å². The summed E-state index contributed by atoms with van der Waals surface area (Å²) in [6.07, 6.45) is 0.689. The van der Waals surface area contributed by atoms with Gasteiger partial charge < -0.3 is 5.11 Å². The first-order chi connectivity index (χ1) is 9.41. The summed E-state index contributed by atoms with van der Waals surface area (Å²) in [6, 6.07) is 2.50. The highest BCUT2D eigenvalue weighted by Gasteiger charge is 2.24. The quantitative estimate of drug-likeness (QED) is 0.542. The minimum atomic E-state index is -4.37. The van der Waals surface area contributed by atoms with Crippen molar-refractivity contribution in [3.8, 4) is 0 Å². The molecule has 0 aromatic heterocycles. The maximum absolute atomic E-state index is 11.6. The van der Waals surface area contributed by atoms with E-state index in [1.54, 1.807) is 4.72 Å². The summed E-state index contributed by atoms with van der Waals surface area (Å²) >= 11 is 0. The molecular formula is C9H10N2O8S2. The Balaban J connectivity index is 3.26. The summed E-state index contributed by atoms with van der Waals surface area (Å²) in [4.78, 5) is 20.6. The van der Waals surface area contributed by atoms with Crippen LogP contribution in [-0.2, 0) is 19.9 Å². The lowest BCUT2D eigenvalue weighted by Gasteiger charge is -2.08. The van der Waals surface area contributed by atoms with Gasteiger partial charge in [0.15, 0.2) is 14.9 Å². The van der Waals surface area contributed by atoms with Crippen LogP contribution >= 0.6 is 0 Å². The number of sulfonamides is 1. The third-order valence-electron chi connectivity index (χ3n) is 2.08. The molecule has 0 atom stereocenters. The smallest absolute Gasteiger partial charge is 0.335 e. The molecule has 0 aliphatic rings. The highest BCUT2D eigenvalue weighted by molar-refractivity contribution is 8.08. The maximum Gasteiger partial charge on any atom is 0.335 e. The normalized spacial score (nSPS) is 11.9. The van der Waals surface area contributed by atoms with E-state index in [0.717, 1.165) is 12.1 Å². The predicted molar refractivity (Wildman–Crippen MR) is 72.3 cm³/mol. The van der Waals surface area contributed by atoms with Crippen molar-refractivity contribution in [2.75, 3.05) is 16.1 Å². The number of hydrogen-bond acceptors (Lipinski definition) is 7. The second-order valence-electron chi connectivity index (χ2n) is 4.05. The van der Waals surface area contributed by atoms with Crippen molar-refractivity contribution < 1.29 is 31.7 Å². The van der Waals surface area contributed by atoms with E-state index >= 15 is 0 Å². The van der Waals surface area contributed by atoms with Crippen LogP contribution in [0, 0.1) is 10.1 Å². The third-order valence-corrected chi connectivity index (χ3v) is 5.56. The number of benzene rings is 1. The van der Waals surface area contributed by atoms with Crippen molar-refractivity contribution in [2.24, 2.45) is 0 Å². The van der Waals surface area contributed by atoms with Crippen LogP contribution in [0.2, 0.25) is 0 Å². The van der Waals surface area contributed by atoms with E-state index in [-0.39, 0.29) is 0 Å². The Bertz CT molecular complexity index is 797. The first-order valence-corrected chi connectivity index (χ1v) is 8.82. The molecule has 12 heteroatoms. The molecule has 0 fully saturated rings. The SMILES string of the molecule is CS(=O)(=O)CS(=O)(=O)Nc1ccc(C(=O)O)cc1[N+](=O)[O-]. The van der Waals surface area contributed by atoms with Gasteiger partial charge in [-0.15, -0.1) is 0 Å². The van der Waals surface area contributed by atoms with Crippen LogP contribution in [0.4, 0.5) is 11.4 Å². The van der Waals surface area contributed by atoms with E-state index in [0.29, 0.717) is 12.3 Å². The molecule has 1 aromatic rings. The van der Waals surface area contributed by atoms with Gasteiger partial charge in [-0.3, -0.25) is 14.8 Å². The number of nitrogens with zero attached hydrogens (tertiary/aromatic N) is 1. The number of carbonyl (C=O) groups is 1. The number of nitrogens with one attached hydrogen (secondary N) is 1. The molecule has 0 saturated heterocycles. The van der Waals surface area contributed by atoms with E-state index < -0.39 is 52.8 Å².